The Morgan fingerprint density at radius 3 is 2.95 bits per heavy atom. The van der Waals surface area contributed by atoms with E-state index in [2.05, 4.69) is 4.98 Å². The molecule has 1 N–H and O–H groups in total. The van der Waals surface area contributed by atoms with Crippen molar-refractivity contribution >= 4 is 17.5 Å². The topological polar surface area (TPSA) is 74.9 Å². The highest BCUT2D eigenvalue weighted by atomic mass is 16.4. The van der Waals surface area contributed by atoms with Crippen molar-refractivity contribution in [3.8, 4) is 0 Å². The Hall–Kier alpha value is -2.37. The van der Waals surface area contributed by atoms with Crippen molar-refractivity contribution in [3.05, 3.63) is 36.3 Å². The lowest BCUT2D eigenvalue weighted by Gasteiger charge is -2.32. The van der Waals surface area contributed by atoms with Gasteiger partial charge in [-0.2, -0.15) is 0 Å². The molecular weight excluding hydrogens is 270 g/mol. The number of hydrogen-bond donors (Lipinski definition) is 1. The third-order valence-corrected chi connectivity index (χ3v) is 3.85. The maximum atomic E-state index is 12.4. The molecule has 2 aromatic heterocycles. The number of piperidine rings is 1. The van der Waals surface area contributed by atoms with E-state index >= 15 is 0 Å². The third-order valence-electron chi connectivity index (χ3n) is 3.85. The predicted molar refractivity (Wildman–Crippen MR) is 75.9 cm³/mol. The second-order valence-electron chi connectivity index (χ2n) is 5.31. The van der Waals surface area contributed by atoms with Gasteiger partial charge in [-0.15, -0.1) is 0 Å². The quantitative estimate of drug-likeness (QED) is 0.924. The van der Waals surface area contributed by atoms with Crippen molar-refractivity contribution in [3.63, 3.8) is 0 Å². The van der Waals surface area contributed by atoms with Crippen LogP contribution in [0.3, 0.4) is 0 Å². The van der Waals surface area contributed by atoms with Crippen LogP contribution in [-0.2, 0) is 16.0 Å². The van der Waals surface area contributed by atoms with E-state index in [0.29, 0.717) is 18.7 Å². The zero-order valence-corrected chi connectivity index (χ0v) is 11.6. The van der Waals surface area contributed by atoms with Crippen molar-refractivity contribution in [2.24, 2.45) is 0 Å². The summed E-state index contributed by atoms with van der Waals surface area (Å²) in [6.45, 7) is 0.517. The highest BCUT2D eigenvalue weighted by molar-refractivity contribution is 5.85. The third kappa shape index (κ3) is 2.74. The van der Waals surface area contributed by atoms with Gasteiger partial charge in [0, 0.05) is 18.9 Å². The Labute approximate surface area is 122 Å². The number of carbonyl (C=O) groups is 2. The van der Waals surface area contributed by atoms with Crippen LogP contribution >= 0.6 is 0 Å². The zero-order valence-electron chi connectivity index (χ0n) is 11.6. The highest BCUT2D eigenvalue weighted by Gasteiger charge is 2.31. The van der Waals surface area contributed by atoms with Gasteiger partial charge in [0.25, 0.3) is 0 Å². The van der Waals surface area contributed by atoms with E-state index < -0.39 is 12.0 Å². The first-order valence-corrected chi connectivity index (χ1v) is 7.10. The van der Waals surface area contributed by atoms with Gasteiger partial charge >= 0.3 is 5.97 Å². The number of aliphatic carboxylic acids is 1. The Morgan fingerprint density at radius 1 is 1.33 bits per heavy atom. The van der Waals surface area contributed by atoms with Gasteiger partial charge < -0.3 is 14.4 Å². The van der Waals surface area contributed by atoms with E-state index in [4.69, 9.17) is 0 Å². The van der Waals surface area contributed by atoms with Gasteiger partial charge in [-0.1, -0.05) is 6.07 Å². The molecule has 0 bridgehead atoms. The largest absolute Gasteiger partial charge is 0.480 e. The number of pyridine rings is 1. The van der Waals surface area contributed by atoms with Crippen molar-refractivity contribution in [1.82, 2.24) is 14.3 Å². The number of hydrogen-bond acceptors (Lipinski definition) is 3. The number of carboxylic acids is 1. The van der Waals surface area contributed by atoms with Crippen LogP contribution in [-0.4, -0.2) is 43.9 Å². The molecule has 110 valence electrons. The molecule has 0 aliphatic carbocycles. The molecule has 0 saturated carbocycles. The van der Waals surface area contributed by atoms with E-state index in [9.17, 15) is 14.7 Å². The zero-order chi connectivity index (χ0) is 14.8. The summed E-state index contributed by atoms with van der Waals surface area (Å²) >= 11 is 0. The first-order valence-electron chi connectivity index (χ1n) is 7.10. The summed E-state index contributed by atoms with van der Waals surface area (Å²) in [6, 6.07) is 4.96. The summed E-state index contributed by atoms with van der Waals surface area (Å²) in [5.41, 5.74) is 1.45. The maximum Gasteiger partial charge on any atom is 0.326 e. The van der Waals surface area contributed by atoms with Crippen LogP contribution < -0.4 is 0 Å². The number of nitrogens with zero attached hydrogens (tertiary/aromatic N) is 3. The fourth-order valence-corrected chi connectivity index (χ4v) is 2.82. The number of rotatable bonds is 3. The molecule has 0 aromatic carbocycles. The van der Waals surface area contributed by atoms with Crippen molar-refractivity contribution < 1.29 is 14.7 Å². The minimum Gasteiger partial charge on any atom is -0.480 e. The van der Waals surface area contributed by atoms with Gasteiger partial charge in [-0.05, 0) is 31.4 Å². The van der Waals surface area contributed by atoms with Crippen molar-refractivity contribution in [2.45, 2.75) is 31.7 Å². The molecule has 1 fully saturated rings. The number of aromatic nitrogens is 2. The Kier molecular flexibility index (Phi) is 3.60. The van der Waals surface area contributed by atoms with Crippen LogP contribution in [0, 0.1) is 0 Å². The van der Waals surface area contributed by atoms with E-state index in [1.165, 1.54) is 4.90 Å². The first-order chi connectivity index (χ1) is 10.1. The first kappa shape index (κ1) is 13.6. The van der Waals surface area contributed by atoms with Crippen LogP contribution in [0.1, 0.15) is 25.0 Å². The molecule has 1 atom stereocenters. The van der Waals surface area contributed by atoms with E-state index in [0.717, 1.165) is 18.5 Å². The summed E-state index contributed by atoms with van der Waals surface area (Å²) in [7, 11) is 0. The average molecular weight is 287 g/mol. The molecular formula is C15H17N3O3. The minimum absolute atomic E-state index is 0.144. The molecule has 3 heterocycles. The number of likely N-dealkylation sites (tertiary alicyclic amines) is 1. The SMILES string of the molecule is O=C(O)[C@H]1CCCCN1C(=O)Cc1cn2ccccc2n1. The van der Waals surface area contributed by atoms with E-state index in [1.807, 2.05) is 35.0 Å². The van der Waals surface area contributed by atoms with Crippen LogP contribution in [0.2, 0.25) is 0 Å². The summed E-state index contributed by atoms with van der Waals surface area (Å²) in [5, 5.41) is 9.22. The Balaban J connectivity index is 1.76. The standard InChI is InChI=1S/C15H17N3O3/c19-14(18-8-4-1-5-12(18)15(20)21)9-11-10-17-7-3-2-6-13(17)16-11/h2-3,6-7,10,12H,1,4-5,8-9H2,(H,20,21)/t12-/m1/s1. The fourth-order valence-electron chi connectivity index (χ4n) is 2.82. The Morgan fingerprint density at radius 2 is 2.19 bits per heavy atom. The molecule has 1 aliphatic rings. The summed E-state index contributed by atoms with van der Waals surface area (Å²) < 4.78 is 1.85. The number of imidazole rings is 1. The average Bonchev–Trinajstić information content (AvgIpc) is 2.89. The monoisotopic (exact) mass is 287 g/mol. The predicted octanol–water partition coefficient (Wildman–Crippen LogP) is 1.34. The lowest BCUT2D eigenvalue weighted by Crippen LogP contribution is -2.48. The molecule has 0 radical (unpaired) electrons. The van der Waals surface area contributed by atoms with Gasteiger partial charge in [-0.25, -0.2) is 9.78 Å². The van der Waals surface area contributed by atoms with E-state index in [-0.39, 0.29) is 12.3 Å². The Bertz CT molecular complexity index is 647. The van der Waals surface area contributed by atoms with Crippen LogP contribution in [0.5, 0.6) is 0 Å². The van der Waals surface area contributed by atoms with Crippen molar-refractivity contribution in [1.29, 1.82) is 0 Å². The van der Waals surface area contributed by atoms with E-state index in [1.54, 1.807) is 0 Å². The van der Waals surface area contributed by atoms with Gasteiger partial charge in [0.15, 0.2) is 0 Å². The molecule has 6 nitrogen and oxygen atoms in total. The van der Waals surface area contributed by atoms with Crippen LogP contribution in [0.25, 0.3) is 5.65 Å². The molecule has 21 heavy (non-hydrogen) atoms. The van der Waals surface area contributed by atoms with Crippen LogP contribution in [0.15, 0.2) is 30.6 Å². The number of amides is 1. The number of carbonyl (C=O) groups excluding carboxylic acids is 1. The normalized spacial score (nSPS) is 18.9. The number of fused-ring (bicyclic) bond motifs is 1. The second kappa shape index (κ2) is 5.55. The molecule has 3 rings (SSSR count). The lowest BCUT2D eigenvalue weighted by molar-refractivity contribution is -0.151. The lowest BCUT2D eigenvalue weighted by atomic mass is 10.0. The summed E-state index contributed by atoms with van der Waals surface area (Å²) in [6.07, 6.45) is 6.08. The molecule has 1 saturated heterocycles. The maximum absolute atomic E-state index is 12.4. The molecule has 2 aromatic rings. The molecule has 6 heteroatoms. The smallest absolute Gasteiger partial charge is 0.326 e. The van der Waals surface area contributed by atoms with Gasteiger partial charge in [-0.3, -0.25) is 4.79 Å². The van der Waals surface area contributed by atoms with Gasteiger partial charge in [0.2, 0.25) is 5.91 Å². The van der Waals surface area contributed by atoms with Crippen molar-refractivity contribution in [2.75, 3.05) is 6.54 Å². The van der Waals surface area contributed by atoms with Crippen LogP contribution in [0.4, 0.5) is 0 Å². The molecule has 1 aliphatic heterocycles. The second-order valence-corrected chi connectivity index (χ2v) is 5.31. The fraction of sp³-hybridized carbons (Fsp3) is 0.400. The summed E-state index contributed by atoms with van der Waals surface area (Å²) in [4.78, 5) is 29.5. The van der Waals surface area contributed by atoms with Gasteiger partial charge in [0.1, 0.15) is 11.7 Å². The molecule has 1 amide bonds. The molecule has 0 unspecified atom stereocenters. The molecule has 0 spiro atoms. The minimum atomic E-state index is -0.918. The highest BCUT2D eigenvalue weighted by Crippen LogP contribution is 2.18. The summed E-state index contributed by atoms with van der Waals surface area (Å²) in [5.74, 6) is -1.08. The number of carboxylic acid groups (broad SMARTS) is 1. The van der Waals surface area contributed by atoms with Gasteiger partial charge in [0.05, 0.1) is 12.1 Å².